The van der Waals surface area contributed by atoms with E-state index in [9.17, 15) is 4.79 Å². The van der Waals surface area contributed by atoms with E-state index in [0.717, 1.165) is 23.1 Å². The molecule has 1 aromatic carbocycles. The van der Waals surface area contributed by atoms with E-state index in [1.54, 1.807) is 12.2 Å². The summed E-state index contributed by atoms with van der Waals surface area (Å²) in [6.45, 7) is 0.800. The Kier molecular flexibility index (Phi) is 4.84. The SMILES string of the molecule is O=C(/C=C/c1ccc2ccccc2n1)NCC1CCCCC1. The van der Waals surface area contributed by atoms with E-state index in [4.69, 9.17) is 0 Å². The summed E-state index contributed by atoms with van der Waals surface area (Å²) in [5, 5.41) is 4.12. The monoisotopic (exact) mass is 294 g/mol. The molecule has 1 amide bonds. The molecule has 2 aromatic rings. The predicted octanol–water partition coefficient (Wildman–Crippen LogP) is 3.94. The summed E-state index contributed by atoms with van der Waals surface area (Å²) in [5.74, 6) is 0.630. The van der Waals surface area contributed by atoms with Gasteiger partial charge < -0.3 is 5.32 Å². The maximum Gasteiger partial charge on any atom is 0.244 e. The third kappa shape index (κ3) is 3.94. The molecule has 1 aromatic heterocycles. The van der Waals surface area contributed by atoms with Gasteiger partial charge in [0.25, 0.3) is 0 Å². The van der Waals surface area contributed by atoms with Gasteiger partial charge in [-0.05, 0) is 37.0 Å². The van der Waals surface area contributed by atoms with Crippen molar-refractivity contribution in [2.24, 2.45) is 5.92 Å². The minimum absolute atomic E-state index is 0.0273. The molecule has 1 heterocycles. The number of carbonyl (C=O) groups is 1. The fourth-order valence-corrected chi connectivity index (χ4v) is 3.03. The van der Waals surface area contributed by atoms with Gasteiger partial charge in [0.1, 0.15) is 0 Å². The zero-order chi connectivity index (χ0) is 15.2. The molecule has 1 aliphatic carbocycles. The number of amides is 1. The first-order valence-electron chi connectivity index (χ1n) is 8.13. The number of fused-ring (bicyclic) bond motifs is 1. The molecule has 114 valence electrons. The Hall–Kier alpha value is -2.16. The molecule has 0 unspecified atom stereocenters. The topological polar surface area (TPSA) is 42.0 Å². The number of hydrogen-bond acceptors (Lipinski definition) is 2. The van der Waals surface area contributed by atoms with Crippen molar-refractivity contribution in [2.45, 2.75) is 32.1 Å². The highest BCUT2D eigenvalue weighted by Crippen LogP contribution is 2.22. The molecule has 22 heavy (non-hydrogen) atoms. The number of aromatic nitrogens is 1. The highest BCUT2D eigenvalue weighted by atomic mass is 16.1. The van der Waals surface area contributed by atoms with E-state index in [2.05, 4.69) is 10.3 Å². The highest BCUT2D eigenvalue weighted by Gasteiger charge is 2.13. The van der Waals surface area contributed by atoms with Gasteiger partial charge in [-0.1, -0.05) is 43.5 Å². The summed E-state index contributed by atoms with van der Waals surface area (Å²) in [6, 6.07) is 12.0. The van der Waals surface area contributed by atoms with Gasteiger partial charge in [-0.15, -0.1) is 0 Å². The van der Waals surface area contributed by atoms with E-state index in [1.165, 1.54) is 32.1 Å². The van der Waals surface area contributed by atoms with Gasteiger partial charge in [-0.25, -0.2) is 4.98 Å². The van der Waals surface area contributed by atoms with Crippen LogP contribution in [0.1, 0.15) is 37.8 Å². The number of benzene rings is 1. The second-order valence-corrected chi connectivity index (χ2v) is 6.01. The van der Waals surface area contributed by atoms with Crippen LogP contribution >= 0.6 is 0 Å². The summed E-state index contributed by atoms with van der Waals surface area (Å²) in [7, 11) is 0. The predicted molar refractivity (Wildman–Crippen MR) is 90.4 cm³/mol. The van der Waals surface area contributed by atoms with Gasteiger partial charge in [0.15, 0.2) is 0 Å². The zero-order valence-electron chi connectivity index (χ0n) is 12.8. The smallest absolute Gasteiger partial charge is 0.244 e. The molecule has 1 N–H and O–H groups in total. The Morgan fingerprint density at radius 1 is 1.14 bits per heavy atom. The molecule has 0 spiro atoms. The Bertz CT molecular complexity index is 672. The van der Waals surface area contributed by atoms with E-state index in [1.807, 2.05) is 36.4 Å². The van der Waals surface area contributed by atoms with Crippen LogP contribution in [0.2, 0.25) is 0 Å². The number of nitrogens with one attached hydrogen (secondary N) is 1. The maximum absolute atomic E-state index is 11.9. The standard InChI is InChI=1S/C19H22N2O/c22-19(20-14-15-6-2-1-3-7-15)13-12-17-11-10-16-8-4-5-9-18(16)21-17/h4-5,8-13,15H,1-3,6-7,14H2,(H,20,22)/b13-12+. The lowest BCUT2D eigenvalue weighted by molar-refractivity contribution is -0.116. The van der Waals surface area contributed by atoms with Gasteiger partial charge in [0.05, 0.1) is 11.2 Å². The van der Waals surface area contributed by atoms with E-state index >= 15 is 0 Å². The zero-order valence-corrected chi connectivity index (χ0v) is 12.8. The number of para-hydroxylation sites is 1. The number of rotatable bonds is 4. The van der Waals surface area contributed by atoms with Crippen LogP contribution in [0.5, 0.6) is 0 Å². The van der Waals surface area contributed by atoms with Crippen LogP contribution in [-0.2, 0) is 4.79 Å². The van der Waals surface area contributed by atoms with Gasteiger partial charge in [-0.2, -0.15) is 0 Å². The fourth-order valence-electron chi connectivity index (χ4n) is 3.03. The number of nitrogens with zero attached hydrogens (tertiary/aromatic N) is 1. The van der Waals surface area contributed by atoms with E-state index in [-0.39, 0.29) is 5.91 Å². The van der Waals surface area contributed by atoms with E-state index < -0.39 is 0 Å². The van der Waals surface area contributed by atoms with Crippen molar-refractivity contribution in [2.75, 3.05) is 6.54 Å². The average molecular weight is 294 g/mol. The lowest BCUT2D eigenvalue weighted by atomic mass is 9.89. The highest BCUT2D eigenvalue weighted by molar-refractivity contribution is 5.91. The van der Waals surface area contributed by atoms with Crippen LogP contribution in [0.3, 0.4) is 0 Å². The first kappa shape index (κ1) is 14.8. The second-order valence-electron chi connectivity index (χ2n) is 6.01. The quantitative estimate of drug-likeness (QED) is 0.868. The van der Waals surface area contributed by atoms with Crippen molar-refractivity contribution < 1.29 is 4.79 Å². The van der Waals surface area contributed by atoms with Crippen LogP contribution in [-0.4, -0.2) is 17.4 Å². The largest absolute Gasteiger partial charge is 0.352 e. The molecule has 0 bridgehead atoms. The molecular formula is C19H22N2O. The summed E-state index contributed by atoms with van der Waals surface area (Å²) >= 11 is 0. The summed E-state index contributed by atoms with van der Waals surface area (Å²) in [4.78, 5) is 16.4. The van der Waals surface area contributed by atoms with Crippen LogP contribution < -0.4 is 5.32 Å². The van der Waals surface area contributed by atoms with Crippen LogP contribution in [0.15, 0.2) is 42.5 Å². The van der Waals surface area contributed by atoms with Crippen LogP contribution in [0.4, 0.5) is 0 Å². The Morgan fingerprint density at radius 2 is 1.95 bits per heavy atom. The first-order valence-corrected chi connectivity index (χ1v) is 8.13. The van der Waals surface area contributed by atoms with Gasteiger partial charge in [0, 0.05) is 18.0 Å². The van der Waals surface area contributed by atoms with Crippen LogP contribution in [0, 0.1) is 5.92 Å². The lowest BCUT2D eigenvalue weighted by Crippen LogP contribution is -2.28. The summed E-state index contributed by atoms with van der Waals surface area (Å²) in [6.07, 6.45) is 9.81. The first-order chi connectivity index (χ1) is 10.8. The molecular weight excluding hydrogens is 272 g/mol. The molecule has 3 nitrogen and oxygen atoms in total. The molecule has 1 saturated carbocycles. The molecule has 0 radical (unpaired) electrons. The Labute approximate surface area is 131 Å². The van der Waals surface area contributed by atoms with Crippen molar-refractivity contribution in [1.82, 2.24) is 10.3 Å². The maximum atomic E-state index is 11.9. The fraction of sp³-hybridized carbons (Fsp3) is 0.368. The van der Waals surface area contributed by atoms with Crippen molar-refractivity contribution >= 4 is 22.9 Å². The lowest BCUT2D eigenvalue weighted by Gasteiger charge is -2.21. The summed E-state index contributed by atoms with van der Waals surface area (Å²) in [5.41, 5.74) is 1.76. The Morgan fingerprint density at radius 3 is 2.82 bits per heavy atom. The number of carbonyl (C=O) groups excluding carboxylic acids is 1. The molecule has 0 saturated heterocycles. The molecule has 1 aliphatic rings. The average Bonchev–Trinajstić information content (AvgIpc) is 2.59. The number of hydrogen-bond donors (Lipinski definition) is 1. The molecule has 0 aliphatic heterocycles. The van der Waals surface area contributed by atoms with Crippen molar-refractivity contribution in [3.63, 3.8) is 0 Å². The van der Waals surface area contributed by atoms with Crippen LogP contribution in [0.25, 0.3) is 17.0 Å². The molecule has 1 fully saturated rings. The van der Waals surface area contributed by atoms with Crippen molar-refractivity contribution in [3.8, 4) is 0 Å². The third-order valence-electron chi connectivity index (χ3n) is 4.32. The van der Waals surface area contributed by atoms with E-state index in [0.29, 0.717) is 5.92 Å². The normalized spacial score (nSPS) is 16.2. The summed E-state index contributed by atoms with van der Waals surface area (Å²) < 4.78 is 0. The van der Waals surface area contributed by atoms with Gasteiger partial charge >= 0.3 is 0 Å². The van der Waals surface area contributed by atoms with Crippen molar-refractivity contribution in [1.29, 1.82) is 0 Å². The Balaban J connectivity index is 1.56. The third-order valence-corrected chi connectivity index (χ3v) is 4.32. The van der Waals surface area contributed by atoms with Gasteiger partial charge in [0.2, 0.25) is 5.91 Å². The van der Waals surface area contributed by atoms with Gasteiger partial charge in [-0.3, -0.25) is 4.79 Å². The second kappa shape index (κ2) is 7.21. The minimum atomic E-state index is -0.0273. The molecule has 3 rings (SSSR count). The number of pyridine rings is 1. The van der Waals surface area contributed by atoms with Crippen molar-refractivity contribution in [3.05, 3.63) is 48.2 Å². The molecule has 0 atom stereocenters. The molecule has 3 heteroatoms. The minimum Gasteiger partial charge on any atom is -0.352 e.